The van der Waals surface area contributed by atoms with Crippen LogP contribution < -0.4 is 16.0 Å². The highest BCUT2D eigenvalue weighted by molar-refractivity contribution is 6.10. The van der Waals surface area contributed by atoms with Crippen LogP contribution in [0.5, 0.6) is 0 Å². The van der Waals surface area contributed by atoms with Crippen molar-refractivity contribution in [3.63, 3.8) is 0 Å². The van der Waals surface area contributed by atoms with E-state index in [4.69, 9.17) is 10.5 Å². The minimum Gasteiger partial charge on any atom is -0.370 e. The number of morpholine rings is 1. The molecule has 1 fully saturated rings. The van der Waals surface area contributed by atoms with E-state index in [1.165, 1.54) is 6.07 Å². The molecular weight excluding hydrogens is 419 g/mol. The van der Waals surface area contributed by atoms with Gasteiger partial charge in [0.2, 0.25) is 5.91 Å². The number of rotatable bonds is 7. The summed E-state index contributed by atoms with van der Waals surface area (Å²) in [5.41, 5.74) is 3.00. The summed E-state index contributed by atoms with van der Waals surface area (Å²) >= 11 is 0. The van der Waals surface area contributed by atoms with Crippen LogP contribution >= 0.6 is 0 Å². The molecule has 1 atom stereocenters. The van der Waals surface area contributed by atoms with Gasteiger partial charge in [-0.2, -0.15) is 13.2 Å². The molecular formula is C17H19F5N4O4. The summed E-state index contributed by atoms with van der Waals surface area (Å²) in [4.78, 5) is 37.5. The summed E-state index contributed by atoms with van der Waals surface area (Å²) in [6.45, 7) is -1.09. The highest BCUT2D eigenvalue weighted by Crippen LogP contribution is 2.37. The Hall–Kier alpha value is -2.80. The smallest absolute Gasteiger partial charge is 0.370 e. The second kappa shape index (κ2) is 9.34. The van der Waals surface area contributed by atoms with Gasteiger partial charge in [0.05, 0.1) is 24.4 Å². The van der Waals surface area contributed by atoms with Gasteiger partial charge >= 0.3 is 6.18 Å². The van der Waals surface area contributed by atoms with Crippen LogP contribution in [0.25, 0.3) is 0 Å². The molecule has 30 heavy (non-hydrogen) atoms. The third kappa shape index (κ3) is 5.63. The van der Waals surface area contributed by atoms with Gasteiger partial charge < -0.3 is 20.7 Å². The Balaban J connectivity index is 2.34. The molecule has 0 saturated carbocycles. The molecule has 1 aliphatic rings. The number of benzene rings is 1. The van der Waals surface area contributed by atoms with Gasteiger partial charge in [0.25, 0.3) is 18.2 Å². The molecule has 0 unspecified atom stereocenters. The van der Waals surface area contributed by atoms with Gasteiger partial charge in [0.1, 0.15) is 6.61 Å². The van der Waals surface area contributed by atoms with Crippen molar-refractivity contribution in [3.05, 3.63) is 23.8 Å². The maximum absolute atomic E-state index is 13.6. The Morgan fingerprint density at radius 3 is 2.53 bits per heavy atom. The molecule has 8 nitrogen and oxygen atoms in total. The first-order valence-electron chi connectivity index (χ1n) is 8.59. The Morgan fingerprint density at radius 1 is 1.33 bits per heavy atom. The molecule has 166 valence electrons. The number of nitrogens with two attached hydrogens (primary N) is 1. The van der Waals surface area contributed by atoms with Gasteiger partial charge in [-0.15, -0.1) is 0 Å². The lowest BCUT2D eigenvalue weighted by molar-refractivity contribution is -0.137. The number of halogens is 5. The number of ether oxygens (including phenoxy) is 1. The summed E-state index contributed by atoms with van der Waals surface area (Å²) in [7, 11) is 1.01. The van der Waals surface area contributed by atoms with Crippen LogP contribution in [0, 0.1) is 0 Å². The van der Waals surface area contributed by atoms with E-state index in [1.807, 2.05) is 5.32 Å². The number of primary amides is 1. The quantitative estimate of drug-likeness (QED) is 0.489. The number of carbonyl (C=O) groups is 3. The molecule has 13 heteroatoms. The standard InChI is InChI=1S/C17H19F5N4O4/c1-25(7-12(18)19)14(15(23)28)16(29)24-11-3-2-9(6-10(11)17(20,21)22)26-4-5-30-8-13(26)27/h2-3,6,12,14H,4-5,7-8H2,1H3,(H2,23,28)(H,24,29)/t14-/m0/s1. The van der Waals surface area contributed by atoms with Crippen LogP contribution in [0.2, 0.25) is 0 Å². The van der Waals surface area contributed by atoms with Crippen molar-refractivity contribution in [3.8, 4) is 0 Å². The van der Waals surface area contributed by atoms with Crippen LogP contribution in [0.3, 0.4) is 0 Å². The van der Waals surface area contributed by atoms with Gasteiger partial charge in [-0.3, -0.25) is 19.3 Å². The summed E-state index contributed by atoms with van der Waals surface area (Å²) < 4.78 is 70.7. The molecule has 1 saturated heterocycles. The third-order valence-electron chi connectivity index (χ3n) is 4.25. The molecule has 3 N–H and O–H groups in total. The largest absolute Gasteiger partial charge is 0.418 e. The van der Waals surface area contributed by atoms with E-state index in [0.29, 0.717) is 11.0 Å². The van der Waals surface area contributed by atoms with Crippen molar-refractivity contribution >= 4 is 29.1 Å². The molecule has 1 heterocycles. The summed E-state index contributed by atoms with van der Waals surface area (Å²) in [6, 6.07) is 0.835. The number of alkyl halides is 5. The van der Waals surface area contributed by atoms with Crippen LogP contribution in [-0.4, -0.2) is 68.4 Å². The topological polar surface area (TPSA) is 105 Å². The van der Waals surface area contributed by atoms with E-state index in [9.17, 15) is 36.3 Å². The lowest BCUT2D eigenvalue weighted by atomic mass is 10.1. The maximum atomic E-state index is 13.6. The van der Waals surface area contributed by atoms with E-state index in [2.05, 4.69) is 0 Å². The molecule has 1 aliphatic heterocycles. The summed E-state index contributed by atoms with van der Waals surface area (Å²) in [6.07, 6.45) is -7.83. The Kier molecular flexibility index (Phi) is 7.31. The highest BCUT2D eigenvalue weighted by Gasteiger charge is 2.37. The van der Waals surface area contributed by atoms with Gasteiger partial charge in [0.15, 0.2) is 6.04 Å². The van der Waals surface area contributed by atoms with Gasteiger partial charge in [0, 0.05) is 12.2 Å². The van der Waals surface area contributed by atoms with Crippen molar-refractivity contribution in [1.29, 1.82) is 0 Å². The number of likely N-dealkylation sites (N-methyl/N-ethyl adjacent to an activating group) is 1. The van der Waals surface area contributed by atoms with E-state index >= 15 is 0 Å². The predicted octanol–water partition coefficient (Wildman–Crippen LogP) is 1.06. The first kappa shape index (κ1) is 23.5. The fraction of sp³-hybridized carbons (Fsp3) is 0.471. The van der Waals surface area contributed by atoms with Gasteiger partial charge in [-0.25, -0.2) is 8.78 Å². The number of carbonyl (C=O) groups excluding carboxylic acids is 3. The van der Waals surface area contributed by atoms with Crippen LogP contribution in [-0.2, 0) is 25.3 Å². The molecule has 3 amide bonds. The third-order valence-corrected chi connectivity index (χ3v) is 4.25. The van der Waals surface area contributed by atoms with Crippen LogP contribution in [0.1, 0.15) is 5.56 Å². The summed E-state index contributed by atoms with van der Waals surface area (Å²) in [5, 5.41) is 1.92. The lowest BCUT2D eigenvalue weighted by Gasteiger charge is -2.28. The van der Waals surface area contributed by atoms with E-state index < -0.39 is 54.2 Å². The van der Waals surface area contributed by atoms with E-state index in [-0.39, 0.29) is 25.4 Å². The molecule has 0 aliphatic carbocycles. The second-order valence-corrected chi connectivity index (χ2v) is 6.45. The maximum Gasteiger partial charge on any atom is 0.418 e. The molecule has 1 aromatic rings. The fourth-order valence-electron chi connectivity index (χ4n) is 2.91. The lowest BCUT2D eigenvalue weighted by Crippen LogP contribution is -2.51. The molecule has 2 rings (SSSR count). The van der Waals surface area contributed by atoms with Gasteiger partial charge in [-0.1, -0.05) is 0 Å². The molecule has 0 spiro atoms. The first-order chi connectivity index (χ1) is 13.9. The van der Waals surface area contributed by atoms with Crippen molar-refractivity contribution < 1.29 is 41.1 Å². The Morgan fingerprint density at radius 2 is 2.00 bits per heavy atom. The number of hydrogen-bond acceptors (Lipinski definition) is 5. The zero-order valence-electron chi connectivity index (χ0n) is 15.7. The number of hydrogen-bond donors (Lipinski definition) is 2. The normalized spacial score (nSPS) is 16.1. The van der Waals surface area contributed by atoms with E-state index in [1.54, 1.807) is 0 Å². The monoisotopic (exact) mass is 438 g/mol. The second-order valence-electron chi connectivity index (χ2n) is 6.45. The van der Waals surface area contributed by atoms with Crippen molar-refractivity contribution in [2.45, 2.75) is 18.6 Å². The zero-order valence-corrected chi connectivity index (χ0v) is 15.7. The zero-order chi connectivity index (χ0) is 22.6. The van der Waals surface area contributed by atoms with Crippen molar-refractivity contribution in [2.24, 2.45) is 5.73 Å². The van der Waals surface area contributed by atoms with Crippen molar-refractivity contribution in [1.82, 2.24) is 4.90 Å². The van der Waals surface area contributed by atoms with Gasteiger partial charge in [-0.05, 0) is 25.2 Å². The summed E-state index contributed by atoms with van der Waals surface area (Å²) in [5.74, 6) is -3.14. The highest BCUT2D eigenvalue weighted by atomic mass is 19.4. The Bertz CT molecular complexity index is 818. The predicted molar refractivity (Wildman–Crippen MR) is 94.9 cm³/mol. The van der Waals surface area contributed by atoms with Crippen LogP contribution in [0.4, 0.5) is 33.3 Å². The average molecular weight is 438 g/mol. The Labute approximate surface area is 167 Å². The molecule has 0 radical (unpaired) electrons. The number of anilines is 2. The SMILES string of the molecule is CN(CC(F)F)[C@@H](C(N)=O)C(=O)Nc1ccc(N2CCOCC2=O)cc1C(F)(F)F. The molecule has 0 bridgehead atoms. The number of nitrogens with zero attached hydrogens (tertiary/aromatic N) is 2. The fourth-order valence-corrected chi connectivity index (χ4v) is 2.91. The number of amides is 3. The first-order valence-corrected chi connectivity index (χ1v) is 8.59. The molecule has 1 aromatic carbocycles. The number of nitrogens with one attached hydrogen (secondary N) is 1. The minimum atomic E-state index is -4.93. The minimum absolute atomic E-state index is 0.0456. The average Bonchev–Trinajstić information content (AvgIpc) is 2.60. The van der Waals surface area contributed by atoms with Crippen LogP contribution in [0.15, 0.2) is 18.2 Å². The van der Waals surface area contributed by atoms with Crippen molar-refractivity contribution in [2.75, 3.05) is 43.6 Å². The molecule has 0 aromatic heterocycles. The van der Waals surface area contributed by atoms with E-state index in [0.717, 1.165) is 18.0 Å².